The van der Waals surface area contributed by atoms with Crippen molar-refractivity contribution in [3.63, 3.8) is 0 Å². The molecular weight excluding hydrogens is 450 g/mol. The van der Waals surface area contributed by atoms with E-state index in [1.807, 2.05) is 65.4 Å². The van der Waals surface area contributed by atoms with E-state index in [9.17, 15) is 10.1 Å². The predicted molar refractivity (Wildman–Crippen MR) is 133 cm³/mol. The Kier molecular flexibility index (Phi) is 5.69. The summed E-state index contributed by atoms with van der Waals surface area (Å²) in [6.07, 6.45) is 3.71. The third kappa shape index (κ3) is 3.86. The van der Waals surface area contributed by atoms with Gasteiger partial charge >= 0.3 is 0 Å². The number of rotatable bonds is 6. The summed E-state index contributed by atoms with van der Waals surface area (Å²) in [5.41, 5.74) is 3.61. The van der Waals surface area contributed by atoms with E-state index >= 15 is 0 Å². The zero-order valence-corrected chi connectivity index (χ0v) is 19.1. The Morgan fingerprint density at radius 2 is 1.74 bits per heavy atom. The first-order chi connectivity index (χ1) is 16.6. The smallest absolute Gasteiger partial charge is 0.269 e. The lowest BCUT2D eigenvalue weighted by molar-refractivity contribution is -0.384. The molecule has 2 aromatic carbocycles. The molecule has 1 aliphatic heterocycles. The second-order valence-corrected chi connectivity index (χ2v) is 8.16. The molecule has 0 bridgehead atoms. The van der Waals surface area contributed by atoms with Crippen molar-refractivity contribution in [1.29, 1.82) is 0 Å². The van der Waals surface area contributed by atoms with Crippen LogP contribution < -0.4 is 15.0 Å². The summed E-state index contributed by atoms with van der Waals surface area (Å²) in [4.78, 5) is 17.4. The van der Waals surface area contributed by atoms with E-state index in [1.54, 1.807) is 25.4 Å². The van der Waals surface area contributed by atoms with Gasteiger partial charge in [-0.25, -0.2) is 0 Å². The van der Waals surface area contributed by atoms with E-state index in [0.29, 0.717) is 5.11 Å². The fourth-order valence-electron chi connectivity index (χ4n) is 4.28. The molecular formula is C25H21N5O3S. The Labute approximate surface area is 201 Å². The van der Waals surface area contributed by atoms with E-state index in [-0.39, 0.29) is 17.8 Å². The summed E-state index contributed by atoms with van der Waals surface area (Å²) >= 11 is 5.79. The van der Waals surface area contributed by atoms with Gasteiger partial charge in [-0.15, -0.1) is 0 Å². The number of hydrogen-bond acceptors (Lipinski definition) is 5. The molecule has 2 atom stereocenters. The molecule has 8 nitrogen and oxygen atoms in total. The Bertz CT molecular complexity index is 1320. The van der Waals surface area contributed by atoms with Gasteiger partial charge in [-0.05, 0) is 72.9 Å². The molecule has 1 saturated heterocycles. The Balaban J connectivity index is 1.62. The quantitative estimate of drug-likeness (QED) is 0.241. The molecule has 2 aromatic heterocycles. The summed E-state index contributed by atoms with van der Waals surface area (Å²) in [6.45, 7) is 0. The standard InChI is InChI=1S/C25H21N5O3S/c1-33-20-13-11-18(12-14-20)29-24(23(27-25(29)34)21-5-2-3-15-26-21)22-6-4-16-28(22)17-7-9-19(10-8-17)30(31)32/h2-16,23-24H,1H3,(H,27,34)/t23-,24-/m0/s1. The Hall–Kier alpha value is -4.24. The number of benzene rings is 2. The van der Waals surface area contributed by atoms with Crippen molar-refractivity contribution >= 4 is 28.7 Å². The minimum atomic E-state index is -0.401. The van der Waals surface area contributed by atoms with Gasteiger partial charge in [-0.3, -0.25) is 15.1 Å². The van der Waals surface area contributed by atoms with Gasteiger partial charge in [0.15, 0.2) is 5.11 Å². The van der Waals surface area contributed by atoms with Crippen LogP contribution in [-0.2, 0) is 0 Å². The molecule has 0 amide bonds. The van der Waals surface area contributed by atoms with Gasteiger partial charge in [0.1, 0.15) is 11.8 Å². The number of non-ortho nitro benzene ring substituents is 1. The number of aromatic nitrogens is 2. The summed E-state index contributed by atoms with van der Waals surface area (Å²) in [6, 6.07) is 23.6. The van der Waals surface area contributed by atoms with Crippen molar-refractivity contribution in [2.75, 3.05) is 12.0 Å². The Morgan fingerprint density at radius 1 is 1.00 bits per heavy atom. The van der Waals surface area contributed by atoms with Crippen molar-refractivity contribution < 1.29 is 9.66 Å². The topological polar surface area (TPSA) is 85.5 Å². The molecule has 0 aliphatic carbocycles. The van der Waals surface area contributed by atoms with Crippen molar-refractivity contribution in [3.8, 4) is 11.4 Å². The number of nitrogens with zero attached hydrogens (tertiary/aromatic N) is 4. The number of nitrogens with one attached hydrogen (secondary N) is 1. The first-order valence-electron chi connectivity index (χ1n) is 10.6. The van der Waals surface area contributed by atoms with Crippen LogP contribution in [0.3, 0.4) is 0 Å². The predicted octanol–water partition coefficient (Wildman–Crippen LogP) is 4.97. The first kappa shape index (κ1) is 21.6. The van der Waals surface area contributed by atoms with Crippen molar-refractivity contribution in [1.82, 2.24) is 14.9 Å². The summed E-state index contributed by atoms with van der Waals surface area (Å²) in [5, 5.41) is 15.1. The lowest BCUT2D eigenvalue weighted by atomic mass is 10.0. The highest BCUT2D eigenvalue weighted by molar-refractivity contribution is 7.80. The summed E-state index contributed by atoms with van der Waals surface area (Å²) in [5.74, 6) is 0.758. The van der Waals surface area contributed by atoms with Crippen molar-refractivity contribution in [2.45, 2.75) is 12.1 Å². The van der Waals surface area contributed by atoms with E-state index in [4.69, 9.17) is 17.0 Å². The van der Waals surface area contributed by atoms with Crippen LogP contribution in [-0.4, -0.2) is 26.7 Å². The monoisotopic (exact) mass is 471 g/mol. The highest BCUT2D eigenvalue weighted by atomic mass is 32.1. The van der Waals surface area contributed by atoms with Gasteiger partial charge < -0.3 is 19.5 Å². The van der Waals surface area contributed by atoms with Gasteiger partial charge in [-0.2, -0.15) is 0 Å². The van der Waals surface area contributed by atoms with Crippen LogP contribution in [0.4, 0.5) is 11.4 Å². The normalized spacial score (nSPS) is 17.4. The van der Waals surface area contributed by atoms with E-state index in [2.05, 4.69) is 15.2 Å². The lowest BCUT2D eigenvalue weighted by Gasteiger charge is -2.29. The van der Waals surface area contributed by atoms with Crippen LogP contribution >= 0.6 is 12.2 Å². The van der Waals surface area contributed by atoms with Crippen molar-refractivity contribution in [2.24, 2.45) is 0 Å². The Morgan fingerprint density at radius 3 is 2.38 bits per heavy atom. The number of hydrogen-bond donors (Lipinski definition) is 1. The third-order valence-electron chi connectivity index (χ3n) is 5.87. The molecule has 0 radical (unpaired) electrons. The van der Waals surface area contributed by atoms with Crippen LogP contribution in [0.1, 0.15) is 23.5 Å². The number of anilines is 1. The second-order valence-electron chi connectivity index (χ2n) is 7.77. The molecule has 9 heteroatoms. The average molecular weight is 472 g/mol. The molecule has 3 heterocycles. The lowest BCUT2D eigenvalue weighted by Crippen LogP contribution is -2.30. The van der Waals surface area contributed by atoms with E-state index in [1.165, 1.54) is 12.1 Å². The number of nitro groups is 1. The third-order valence-corrected chi connectivity index (χ3v) is 6.19. The second kappa shape index (κ2) is 8.95. The number of ether oxygens (including phenoxy) is 1. The van der Waals surface area contributed by atoms with Gasteiger partial charge in [0.05, 0.1) is 23.8 Å². The minimum absolute atomic E-state index is 0.0485. The molecule has 0 saturated carbocycles. The molecule has 5 rings (SSSR count). The van der Waals surface area contributed by atoms with Crippen LogP contribution in [0.25, 0.3) is 5.69 Å². The maximum absolute atomic E-state index is 11.1. The largest absolute Gasteiger partial charge is 0.497 e. The van der Waals surface area contributed by atoms with Crippen LogP contribution in [0.2, 0.25) is 0 Å². The zero-order chi connectivity index (χ0) is 23.7. The summed E-state index contributed by atoms with van der Waals surface area (Å²) in [7, 11) is 1.63. The number of pyridine rings is 1. The molecule has 4 aromatic rings. The average Bonchev–Trinajstić information content (AvgIpc) is 3.49. The SMILES string of the molecule is COc1ccc(N2C(=S)N[C@@H](c3ccccn3)[C@@H]2c2cccn2-c2ccc([N+](=O)[O-])cc2)cc1. The fraction of sp³-hybridized carbons (Fsp3) is 0.120. The first-order valence-corrected chi connectivity index (χ1v) is 11.0. The molecule has 1 N–H and O–H groups in total. The molecule has 34 heavy (non-hydrogen) atoms. The number of thiocarbonyl (C=S) groups is 1. The maximum Gasteiger partial charge on any atom is 0.269 e. The maximum atomic E-state index is 11.1. The fourth-order valence-corrected chi connectivity index (χ4v) is 4.63. The summed E-state index contributed by atoms with van der Waals surface area (Å²) < 4.78 is 7.35. The van der Waals surface area contributed by atoms with Crippen LogP contribution in [0.15, 0.2) is 91.3 Å². The molecule has 1 aliphatic rings. The minimum Gasteiger partial charge on any atom is -0.497 e. The van der Waals surface area contributed by atoms with E-state index in [0.717, 1.165) is 28.5 Å². The highest BCUT2D eigenvalue weighted by Crippen LogP contribution is 2.42. The van der Waals surface area contributed by atoms with Crippen molar-refractivity contribution in [3.05, 3.63) is 113 Å². The highest BCUT2D eigenvalue weighted by Gasteiger charge is 2.42. The molecule has 0 spiro atoms. The van der Waals surface area contributed by atoms with Gasteiger partial charge in [-0.1, -0.05) is 6.07 Å². The molecule has 0 unspecified atom stereocenters. The molecule has 1 fully saturated rings. The number of methoxy groups -OCH3 is 1. The van der Waals surface area contributed by atoms with Gasteiger partial charge in [0, 0.05) is 41.6 Å². The number of nitro benzene ring substituents is 1. The van der Waals surface area contributed by atoms with Gasteiger partial charge in [0.25, 0.3) is 5.69 Å². The molecule has 170 valence electrons. The van der Waals surface area contributed by atoms with Crippen LogP contribution in [0, 0.1) is 10.1 Å². The zero-order valence-electron chi connectivity index (χ0n) is 18.2. The van der Waals surface area contributed by atoms with E-state index < -0.39 is 4.92 Å². The van der Waals surface area contributed by atoms with Gasteiger partial charge in [0.2, 0.25) is 0 Å². The van der Waals surface area contributed by atoms with Crippen LogP contribution in [0.5, 0.6) is 5.75 Å².